The van der Waals surface area contributed by atoms with Crippen LogP contribution in [-0.4, -0.2) is 15.0 Å². The average Bonchev–Trinajstić information content (AvgIpc) is 2.02. The lowest BCUT2D eigenvalue weighted by Gasteiger charge is -2.02. The van der Waals surface area contributed by atoms with Crippen molar-refractivity contribution >= 4 is 22.8 Å². The zero-order valence-corrected chi connectivity index (χ0v) is 7.07. The molecule has 4 N–H and O–H groups in total. The molecule has 1 radical (unpaired) electrons. The predicted octanol–water partition coefficient (Wildman–Crippen LogP) is 0.298. The lowest BCUT2D eigenvalue weighted by Crippen LogP contribution is -2.02. The van der Waals surface area contributed by atoms with E-state index in [0.717, 1.165) is 10.9 Å². The second kappa shape index (κ2) is 2.55. The van der Waals surface area contributed by atoms with Gasteiger partial charge in [-0.05, 0) is 12.5 Å². The van der Waals surface area contributed by atoms with Crippen LogP contribution < -0.4 is 11.5 Å². The number of aryl methyl sites for hydroxylation is 1. The third-order valence-electron chi connectivity index (χ3n) is 1.78. The molecule has 0 aliphatic heterocycles. The predicted molar refractivity (Wildman–Crippen MR) is 49.7 cm³/mol. The molecule has 2 aromatic heterocycles. The van der Waals surface area contributed by atoms with Gasteiger partial charge in [-0.15, -0.1) is 0 Å². The third-order valence-corrected chi connectivity index (χ3v) is 1.78. The number of nitrogen functional groups attached to an aromatic ring is 2. The SMILES string of the molecule is Cc1[c]cnc2nc(N)nc(N)c12. The van der Waals surface area contributed by atoms with E-state index < -0.39 is 0 Å². The monoisotopic (exact) mass is 174 g/mol. The van der Waals surface area contributed by atoms with Crippen LogP contribution in [-0.2, 0) is 0 Å². The Labute approximate surface area is 74.8 Å². The van der Waals surface area contributed by atoms with Crippen LogP contribution in [0.1, 0.15) is 5.56 Å². The normalized spacial score (nSPS) is 10.5. The van der Waals surface area contributed by atoms with E-state index in [0.29, 0.717) is 11.5 Å². The van der Waals surface area contributed by atoms with Gasteiger partial charge in [0.1, 0.15) is 5.82 Å². The highest BCUT2D eigenvalue weighted by Crippen LogP contribution is 2.19. The molecular formula is C8H8N5. The van der Waals surface area contributed by atoms with E-state index in [1.54, 1.807) is 6.20 Å². The fourth-order valence-electron chi connectivity index (χ4n) is 1.20. The van der Waals surface area contributed by atoms with Crippen LogP contribution in [0.15, 0.2) is 6.20 Å². The maximum absolute atomic E-state index is 5.67. The Morgan fingerprint density at radius 3 is 2.85 bits per heavy atom. The van der Waals surface area contributed by atoms with Crippen LogP contribution in [0, 0.1) is 13.0 Å². The van der Waals surface area contributed by atoms with Crippen molar-refractivity contribution in [2.45, 2.75) is 6.92 Å². The molecule has 0 atom stereocenters. The van der Waals surface area contributed by atoms with Crippen molar-refractivity contribution in [1.82, 2.24) is 15.0 Å². The summed E-state index contributed by atoms with van der Waals surface area (Å²) < 4.78 is 0. The van der Waals surface area contributed by atoms with Crippen LogP contribution >= 0.6 is 0 Å². The van der Waals surface area contributed by atoms with E-state index in [1.165, 1.54) is 0 Å². The number of nitrogens with two attached hydrogens (primary N) is 2. The number of fused-ring (bicyclic) bond motifs is 1. The molecule has 0 aromatic carbocycles. The standard InChI is InChI=1S/C8H8N5/c1-4-2-3-11-7-5(4)6(9)12-8(10)13-7/h3H,1H3,(H4,9,10,11,12,13). The summed E-state index contributed by atoms with van der Waals surface area (Å²) in [4.78, 5) is 11.8. The molecule has 65 valence electrons. The van der Waals surface area contributed by atoms with E-state index in [4.69, 9.17) is 11.5 Å². The molecule has 0 bridgehead atoms. The molecular weight excluding hydrogens is 166 g/mol. The second-order valence-corrected chi connectivity index (χ2v) is 2.69. The van der Waals surface area contributed by atoms with Gasteiger partial charge >= 0.3 is 0 Å². The Morgan fingerprint density at radius 1 is 1.31 bits per heavy atom. The van der Waals surface area contributed by atoms with E-state index in [2.05, 4.69) is 21.0 Å². The number of hydrogen-bond acceptors (Lipinski definition) is 5. The van der Waals surface area contributed by atoms with Gasteiger partial charge in [0.05, 0.1) is 5.39 Å². The van der Waals surface area contributed by atoms with Crippen LogP contribution in [0.25, 0.3) is 11.0 Å². The number of nitrogens with zero attached hydrogens (tertiary/aromatic N) is 3. The lowest BCUT2D eigenvalue weighted by atomic mass is 10.2. The molecule has 0 aliphatic rings. The number of hydrogen-bond donors (Lipinski definition) is 2. The molecule has 13 heavy (non-hydrogen) atoms. The molecule has 2 heterocycles. The van der Waals surface area contributed by atoms with Crippen LogP contribution in [0.2, 0.25) is 0 Å². The van der Waals surface area contributed by atoms with Crippen molar-refractivity contribution in [3.05, 3.63) is 17.8 Å². The summed E-state index contributed by atoms with van der Waals surface area (Å²) in [7, 11) is 0. The van der Waals surface area contributed by atoms with Gasteiger partial charge < -0.3 is 11.5 Å². The Morgan fingerprint density at radius 2 is 2.08 bits per heavy atom. The van der Waals surface area contributed by atoms with Gasteiger partial charge in [-0.1, -0.05) is 0 Å². The summed E-state index contributed by atoms with van der Waals surface area (Å²) in [5.74, 6) is 0.493. The van der Waals surface area contributed by atoms with Gasteiger partial charge in [0.25, 0.3) is 0 Å². The average molecular weight is 174 g/mol. The largest absolute Gasteiger partial charge is 0.383 e. The highest BCUT2D eigenvalue weighted by Gasteiger charge is 2.05. The first kappa shape index (κ1) is 7.72. The highest BCUT2D eigenvalue weighted by atomic mass is 15.1. The molecule has 0 unspecified atom stereocenters. The molecule has 2 rings (SSSR count). The van der Waals surface area contributed by atoms with Crippen molar-refractivity contribution in [3.8, 4) is 0 Å². The van der Waals surface area contributed by atoms with E-state index in [9.17, 15) is 0 Å². The van der Waals surface area contributed by atoms with Crippen molar-refractivity contribution in [2.24, 2.45) is 0 Å². The molecule has 0 fully saturated rings. The van der Waals surface area contributed by atoms with Gasteiger partial charge in [-0.2, -0.15) is 9.97 Å². The van der Waals surface area contributed by atoms with E-state index in [-0.39, 0.29) is 5.95 Å². The molecule has 0 saturated heterocycles. The van der Waals surface area contributed by atoms with Gasteiger partial charge in [0.2, 0.25) is 5.95 Å². The molecule has 0 spiro atoms. The maximum Gasteiger partial charge on any atom is 0.224 e. The lowest BCUT2D eigenvalue weighted by molar-refractivity contribution is 1.19. The first-order chi connectivity index (χ1) is 6.18. The smallest absolute Gasteiger partial charge is 0.224 e. The first-order valence-electron chi connectivity index (χ1n) is 3.74. The molecule has 0 saturated carbocycles. The number of anilines is 2. The van der Waals surface area contributed by atoms with Crippen LogP contribution in [0.4, 0.5) is 11.8 Å². The van der Waals surface area contributed by atoms with E-state index >= 15 is 0 Å². The van der Waals surface area contributed by atoms with Gasteiger partial charge in [0.15, 0.2) is 5.65 Å². The Hall–Kier alpha value is -1.91. The topological polar surface area (TPSA) is 90.7 Å². The minimum atomic E-state index is 0.142. The van der Waals surface area contributed by atoms with Crippen LogP contribution in [0.5, 0.6) is 0 Å². The van der Waals surface area contributed by atoms with Gasteiger partial charge in [0, 0.05) is 12.3 Å². The minimum Gasteiger partial charge on any atom is -0.383 e. The minimum absolute atomic E-state index is 0.142. The molecule has 2 aromatic rings. The van der Waals surface area contributed by atoms with Crippen molar-refractivity contribution in [3.63, 3.8) is 0 Å². The summed E-state index contributed by atoms with van der Waals surface area (Å²) in [5, 5.41) is 0.719. The Kier molecular flexibility index (Phi) is 1.51. The molecule has 5 nitrogen and oxygen atoms in total. The van der Waals surface area contributed by atoms with E-state index in [1.807, 2.05) is 6.92 Å². The van der Waals surface area contributed by atoms with Crippen molar-refractivity contribution in [1.29, 1.82) is 0 Å². The summed E-state index contributed by atoms with van der Waals surface area (Å²) in [6.45, 7) is 1.87. The Balaban J connectivity index is 2.94. The van der Waals surface area contributed by atoms with Gasteiger partial charge in [-0.3, -0.25) is 0 Å². The van der Waals surface area contributed by atoms with Gasteiger partial charge in [-0.25, -0.2) is 4.98 Å². The fraction of sp³-hybridized carbons (Fsp3) is 0.125. The first-order valence-corrected chi connectivity index (χ1v) is 3.74. The zero-order chi connectivity index (χ0) is 9.42. The van der Waals surface area contributed by atoms with Crippen molar-refractivity contribution < 1.29 is 0 Å². The molecule has 0 amide bonds. The van der Waals surface area contributed by atoms with Crippen LogP contribution in [0.3, 0.4) is 0 Å². The number of pyridine rings is 1. The zero-order valence-electron chi connectivity index (χ0n) is 7.07. The molecule has 5 heteroatoms. The Bertz CT molecular complexity index is 465. The van der Waals surface area contributed by atoms with Crippen molar-refractivity contribution in [2.75, 3.05) is 11.5 Å². The maximum atomic E-state index is 5.67. The summed E-state index contributed by atoms with van der Waals surface area (Å²) in [6, 6.07) is 2.92. The third kappa shape index (κ3) is 1.14. The number of aromatic nitrogens is 3. The quantitative estimate of drug-likeness (QED) is 0.599. The summed E-state index contributed by atoms with van der Waals surface area (Å²) in [6.07, 6.45) is 1.55. The second-order valence-electron chi connectivity index (χ2n) is 2.69. The summed E-state index contributed by atoms with van der Waals surface area (Å²) >= 11 is 0. The fourth-order valence-corrected chi connectivity index (χ4v) is 1.20. The molecule has 0 aliphatic carbocycles. The highest BCUT2D eigenvalue weighted by molar-refractivity contribution is 5.88. The summed E-state index contributed by atoms with van der Waals surface area (Å²) in [5.41, 5.74) is 12.5. The number of rotatable bonds is 0.